The molecule has 1 spiro atoms. The van der Waals surface area contributed by atoms with Gasteiger partial charge in [-0.05, 0) is 68.0 Å². The van der Waals surface area contributed by atoms with E-state index in [1.807, 2.05) is 29.2 Å². The largest absolute Gasteiger partial charge is 0.493 e. The number of unbranched alkanes of at least 4 members (excludes halogenated alkanes) is 1. The monoisotopic (exact) mass is 642 g/mol. The molecule has 1 saturated carbocycles. The fourth-order valence-corrected chi connectivity index (χ4v) is 6.94. The highest BCUT2D eigenvalue weighted by molar-refractivity contribution is 6.00. The lowest BCUT2D eigenvalue weighted by Gasteiger charge is -2.52. The van der Waals surface area contributed by atoms with Crippen LogP contribution < -0.4 is 20.1 Å². The number of carbonyl (C=O) groups is 3. The van der Waals surface area contributed by atoms with Gasteiger partial charge in [0.05, 0.1) is 12.7 Å². The first kappa shape index (κ1) is 34.5. The average Bonchev–Trinajstić information content (AvgIpc) is 3.47. The van der Waals surface area contributed by atoms with Gasteiger partial charge < -0.3 is 30.1 Å². The van der Waals surface area contributed by atoms with Crippen LogP contribution in [-0.4, -0.2) is 83.6 Å². The average molecular weight is 643 g/mol. The van der Waals surface area contributed by atoms with Gasteiger partial charge in [0.15, 0.2) is 11.5 Å². The van der Waals surface area contributed by atoms with Gasteiger partial charge in [0.1, 0.15) is 17.3 Å². The standard InChI is InChI=1S/C34H46N4O6.ClH/c1-4-5-18-38-31(40)27(22-33(42)14-6-7-15-33)36-32(41)34(38)16-19-37(20-17-34)23-24-8-11-26(12-9-24)44-28-13-10-25(30(39)35-2)21-29(28)43-3;/h8-13,21,27,42H,4-7,14-20,22-23H2,1-3H3,(H,35,39)(H,36,41);1H/t27-;/m1./s1. The van der Waals surface area contributed by atoms with Crippen molar-refractivity contribution in [3.05, 3.63) is 53.6 Å². The molecule has 3 amide bonds. The highest BCUT2D eigenvalue weighted by atomic mass is 35.5. The number of piperazine rings is 1. The first-order chi connectivity index (χ1) is 21.2. The Labute approximate surface area is 272 Å². The van der Waals surface area contributed by atoms with Crippen molar-refractivity contribution in [2.24, 2.45) is 0 Å². The summed E-state index contributed by atoms with van der Waals surface area (Å²) in [6.45, 7) is 4.79. The first-order valence-electron chi connectivity index (χ1n) is 15.9. The lowest BCUT2D eigenvalue weighted by atomic mass is 9.80. The Bertz CT molecular complexity index is 1340. The van der Waals surface area contributed by atoms with Crippen molar-refractivity contribution >= 4 is 30.1 Å². The molecule has 2 heterocycles. The van der Waals surface area contributed by atoms with Crippen molar-refractivity contribution in [3.8, 4) is 17.2 Å². The van der Waals surface area contributed by atoms with E-state index in [2.05, 4.69) is 22.5 Å². The van der Waals surface area contributed by atoms with Crippen LogP contribution in [0.4, 0.5) is 0 Å². The molecule has 0 unspecified atom stereocenters. The molecule has 246 valence electrons. The molecule has 3 fully saturated rings. The van der Waals surface area contributed by atoms with E-state index in [1.54, 1.807) is 25.2 Å². The van der Waals surface area contributed by atoms with Crippen LogP contribution in [0.25, 0.3) is 0 Å². The van der Waals surface area contributed by atoms with Crippen molar-refractivity contribution < 1.29 is 29.0 Å². The minimum Gasteiger partial charge on any atom is -0.493 e. The highest BCUT2D eigenvalue weighted by Gasteiger charge is 2.54. The summed E-state index contributed by atoms with van der Waals surface area (Å²) >= 11 is 0. The molecular weight excluding hydrogens is 596 g/mol. The first-order valence-corrected chi connectivity index (χ1v) is 15.9. The van der Waals surface area contributed by atoms with Crippen molar-refractivity contribution in [2.75, 3.05) is 33.8 Å². The quantitative estimate of drug-likeness (QED) is 0.332. The molecule has 2 aromatic carbocycles. The van der Waals surface area contributed by atoms with E-state index in [-0.39, 0.29) is 30.1 Å². The topological polar surface area (TPSA) is 120 Å². The molecule has 2 aliphatic heterocycles. The number of hydrogen-bond donors (Lipinski definition) is 3. The van der Waals surface area contributed by atoms with Gasteiger partial charge in [0.2, 0.25) is 11.8 Å². The molecule has 3 aliphatic rings. The Hall–Kier alpha value is -3.34. The van der Waals surface area contributed by atoms with E-state index in [4.69, 9.17) is 9.47 Å². The Balaban J connectivity index is 0.00000461. The fraction of sp³-hybridized carbons (Fsp3) is 0.559. The normalized spacial score (nSPS) is 20.8. The minimum absolute atomic E-state index is 0. The van der Waals surface area contributed by atoms with Crippen LogP contribution >= 0.6 is 12.4 Å². The van der Waals surface area contributed by atoms with E-state index >= 15 is 0 Å². The van der Waals surface area contributed by atoms with E-state index in [9.17, 15) is 19.5 Å². The van der Waals surface area contributed by atoms with Crippen molar-refractivity contribution in [3.63, 3.8) is 0 Å². The van der Waals surface area contributed by atoms with E-state index in [1.165, 1.54) is 7.11 Å². The molecule has 2 saturated heterocycles. The Morgan fingerprint density at radius 1 is 1.04 bits per heavy atom. The number of aliphatic hydroxyl groups is 1. The molecule has 2 aromatic rings. The second kappa shape index (κ2) is 14.8. The third-order valence-corrected chi connectivity index (χ3v) is 9.56. The van der Waals surface area contributed by atoms with Crippen molar-refractivity contribution in [1.82, 2.24) is 20.4 Å². The van der Waals surface area contributed by atoms with Gasteiger partial charge in [-0.15, -0.1) is 12.4 Å². The van der Waals surface area contributed by atoms with Crippen molar-refractivity contribution in [1.29, 1.82) is 0 Å². The molecule has 10 nitrogen and oxygen atoms in total. The molecule has 0 aromatic heterocycles. The number of amides is 3. The van der Waals surface area contributed by atoms with Gasteiger partial charge in [-0.2, -0.15) is 0 Å². The number of rotatable bonds is 11. The molecule has 45 heavy (non-hydrogen) atoms. The number of hydrogen-bond acceptors (Lipinski definition) is 7. The third kappa shape index (κ3) is 7.56. The van der Waals surface area contributed by atoms with E-state index in [0.29, 0.717) is 74.6 Å². The zero-order valence-corrected chi connectivity index (χ0v) is 27.4. The second-order valence-corrected chi connectivity index (χ2v) is 12.5. The van der Waals surface area contributed by atoms with E-state index < -0.39 is 17.2 Å². The van der Waals surface area contributed by atoms with Crippen LogP contribution in [0.2, 0.25) is 0 Å². The molecular formula is C34H47ClN4O6. The lowest BCUT2D eigenvalue weighted by Crippen LogP contribution is -2.73. The smallest absolute Gasteiger partial charge is 0.251 e. The number of halogens is 1. The summed E-state index contributed by atoms with van der Waals surface area (Å²) < 4.78 is 11.5. The number of carbonyl (C=O) groups excluding carboxylic acids is 3. The maximum Gasteiger partial charge on any atom is 0.251 e. The SMILES string of the molecule is CCCCN1C(=O)[C@@H](CC2(O)CCCC2)NC(=O)C12CCN(Cc1ccc(Oc3ccc(C(=O)NC)cc3OC)cc1)CC2.Cl. The van der Waals surface area contributed by atoms with Crippen LogP contribution in [-0.2, 0) is 16.1 Å². The van der Waals surface area contributed by atoms with Crippen molar-refractivity contribution in [2.45, 2.75) is 88.4 Å². The molecule has 0 radical (unpaired) electrons. The summed E-state index contributed by atoms with van der Waals surface area (Å²) in [4.78, 5) is 43.6. The predicted molar refractivity (Wildman–Crippen MR) is 174 cm³/mol. The molecule has 0 bridgehead atoms. The Morgan fingerprint density at radius 2 is 1.73 bits per heavy atom. The second-order valence-electron chi connectivity index (χ2n) is 12.5. The molecule has 1 aliphatic carbocycles. The maximum absolute atomic E-state index is 13.8. The fourth-order valence-electron chi connectivity index (χ4n) is 6.94. The number of ether oxygens (including phenoxy) is 2. The van der Waals surface area contributed by atoms with Crippen LogP contribution in [0.3, 0.4) is 0 Å². The van der Waals surface area contributed by atoms with Crippen LogP contribution in [0.5, 0.6) is 17.2 Å². The highest BCUT2D eigenvalue weighted by Crippen LogP contribution is 2.38. The van der Waals surface area contributed by atoms with Gasteiger partial charge in [-0.1, -0.05) is 38.3 Å². The summed E-state index contributed by atoms with van der Waals surface area (Å²) in [5.74, 6) is 1.33. The number of nitrogens with one attached hydrogen (secondary N) is 2. The van der Waals surface area contributed by atoms with Crippen LogP contribution in [0.1, 0.15) is 80.6 Å². The van der Waals surface area contributed by atoms with Gasteiger partial charge >= 0.3 is 0 Å². The van der Waals surface area contributed by atoms with Gasteiger partial charge in [0, 0.05) is 45.2 Å². The molecule has 11 heteroatoms. The maximum atomic E-state index is 13.8. The minimum atomic E-state index is -0.859. The number of nitrogens with zero attached hydrogens (tertiary/aromatic N) is 2. The van der Waals surface area contributed by atoms with Crippen LogP contribution in [0, 0.1) is 0 Å². The molecule has 5 rings (SSSR count). The third-order valence-electron chi connectivity index (χ3n) is 9.56. The number of likely N-dealkylation sites (tertiary alicyclic amines) is 1. The summed E-state index contributed by atoms with van der Waals surface area (Å²) in [6, 6.07) is 12.3. The predicted octanol–water partition coefficient (Wildman–Crippen LogP) is 4.43. The lowest BCUT2D eigenvalue weighted by molar-refractivity contribution is -0.163. The molecule has 1 atom stereocenters. The number of methoxy groups -OCH3 is 1. The Morgan fingerprint density at radius 3 is 2.36 bits per heavy atom. The zero-order chi connectivity index (χ0) is 31.3. The summed E-state index contributed by atoms with van der Waals surface area (Å²) in [5, 5.41) is 16.6. The summed E-state index contributed by atoms with van der Waals surface area (Å²) in [5.41, 5.74) is -0.0858. The number of piperidine rings is 1. The summed E-state index contributed by atoms with van der Waals surface area (Å²) in [6.07, 6.45) is 6.56. The number of benzene rings is 2. The Kier molecular flexibility index (Phi) is 11.4. The van der Waals surface area contributed by atoms with Crippen LogP contribution in [0.15, 0.2) is 42.5 Å². The zero-order valence-electron chi connectivity index (χ0n) is 26.6. The molecule has 3 N–H and O–H groups in total. The van der Waals surface area contributed by atoms with Gasteiger partial charge in [0.25, 0.3) is 5.91 Å². The van der Waals surface area contributed by atoms with Gasteiger partial charge in [-0.3, -0.25) is 19.3 Å². The summed E-state index contributed by atoms with van der Waals surface area (Å²) in [7, 11) is 3.12. The van der Waals surface area contributed by atoms with Gasteiger partial charge in [-0.25, -0.2) is 0 Å². The van der Waals surface area contributed by atoms with E-state index in [0.717, 1.165) is 37.8 Å².